The first kappa shape index (κ1) is 15.3. The summed E-state index contributed by atoms with van der Waals surface area (Å²) in [5.41, 5.74) is 1.04. The maximum atomic E-state index is 13.9. The molecule has 0 spiro atoms. The van der Waals surface area contributed by atoms with Gasteiger partial charge in [0.2, 0.25) is 0 Å². The molecule has 0 saturated heterocycles. The van der Waals surface area contributed by atoms with E-state index in [4.69, 9.17) is 21.1 Å². The number of rotatable bonds is 5. The van der Waals surface area contributed by atoms with Crippen LogP contribution in [0.1, 0.15) is 5.56 Å². The van der Waals surface area contributed by atoms with Crippen molar-refractivity contribution in [1.82, 2.24) is 0 Å². The second-order valence-corrected chi connectivity index (χ2v) is 4.69. The van der Waals surface area contributed by atoms with Gasteiger partial charge in [-0.1, -0.05) is 23.7 Å². The maximum Gasteiger partial charge on any atom is 0.141 e. The molecular formula is C16H13ClFNO2. The molecule has 0 aliphatic rings. The van der Waals surface area contributed by atoms with E-state index < -0.39 is 5.82 Å². The van der Waals surface area contributed by atoms with Crippen molar-refractivity contribution >= 4 is 11.6 Å². The average molecular weight is 306 g/mol. The second kappa shape index (κ2) is 7.07. The van der Waals surface area contributed by atoms with Gasteiger partial charge in [-0.3, -0.25) is 0 Å². The molecule has 0 saturated carbocycles. The van der Waals surface area contributed by atoms with Crippen LogP contribution in [-0.2, 0) is 4.74 Å². The van der Waals surface area contributed by atoms with Crippen molar-refractivity contribution in [2.75, 3.05) is 20.3 Å². The van der Waals surface area contributed by atoms with Crippen LogP contribution in [0.3, 0.4) is 0 Å². The normalized spacial score (nSPS) is 10.2. The molecular weight excluding hydrogens is 293 g/mol. The highest BCUT2D eigenvalue weighted by Gasteiger charge is 2.16. The summed E-state index contributed by atoms with van der Waals surface area (Å²) in [6.07, 6.45) is 0. The zero-order valence-electron chi connectivity index (χ0n) is 11.4. The SMILES string of the molecule is COCCOc1ccc(F)c(C#N)c1-c1ccc(Cl)cc1. The molecule has 0 bridgehead atoms. The summed E-state index contributed by atoms with van der Waals surface area (Å²) >= 11 is 5.86. The van der Waals surface area contributed by atoms with Gasteiger partial charge in [0.15, 0.2) is 0 Å². The van der Waals surface area contributed by atoms with Crippen molar-refractivity contribution < 1.29 is 13.9 Å². The fraction of sp³-hybridized carbons (Fsp3) is 0.188. The number of nitriles is 1. The molecule has 0 aromatic heterocycles. The van der Waals surface area contributed by atoms with Crippen molar-refractivity contribution in [2.24, 2.45) is 0 Å². The summed E-state index contributed by atoms with van der Waals surface area (Å²) in [4.78, 5) is 0. The summed E-state index contributed by atoms with van der Waals surface area (Å²) in [5, 5.41) is 9.78. The first-order chi connectivity index (χ1) is 10.2. The largest absolute Gasteiger partial charge is 0.490 e. The van der Waals surface area contributed by atoms with Crippen molar-refractivity contribution in [3.63, 3.8) is 0 Å². The molecule has 0 amide bonds. The van der Waals surface area contributed by atoms with Gasteiger partial charge in [-0.2, -0.15) is 5.26 Å². The lowest BCUT2D eigenvalue weighted by Crippen LogP contribution is -2.06. The third kappa shape index (κ3) is 3.52. The van der Waals surface area contributed by atoms with Gasteiger partial charge in [0.25, 0.3) is 0 Å². The number of halogens is 2. The van der Waals surface area contributed by atoms with E-state index in [-0.39, 0.29) is 5.56 Å². The van der Waals surface area contributed by atoms with Gasteiger partial charge in [-0.25, -0.2) is 4.39 Å². The van der Waals surface area contributed by atoms with Crippen molar-refractivity contribution in [1.29, 1.82) is 5.26 Å². The van der Waals surface area contributed by atoms with Crippen LogP contribution in [0.25, 0.3) is 11.1 Å². The molecule has 0 N–H and O–H groups in total. The summed E-state index contributed by atoms with van der Waals surface area (Å²) < 4.78 is 24.4. The number of benzene rings is 2. The standard InChI is InChI=1S/C16H13ClFNO2/c1-20-8-9-21-15-7-6-14(18)13(10-19)16(15)11-2-4-12(17)5-3-11/h2-7H,8-9H2,1H3. The van der Waals surface area contributed by atoms with Gasteiger partial charge in [0, 0.05) is 17.7 Å². The Hall–Kier alpha value is -2.09. The topological polar surface area (TPSA) is 42.2 Å². The predicted octanol–water partition coefficient (Wildman–Crippen LogP) is 4.04. The zero-order chi connectivity index (χ0) is 15.2. The molecule has 0 heterocycles. The molecule has 0 fully saturated rings. The summed E-state index contributed by atoms with van der Waals surface area (Å²) in [7, 11) is 1.56. The Bertz CT molecular complexity index is 665. The number of ether oxygens (including phenoxy) is 2. The highest BCUT2D eigenvalue weighted by Crippen LogP contribution is 2.35. The molecule has 0 aliphatic heterocycles. The van der Waals surface area contributed by atoms with Crippen LogP contribution in [0, 0.1) is 17.1 Å². The van der Waals surface area contributed by atoms with Crippen LogP contribution in [-0.4, -0.2) is 20.3 Å². The fourth-order valence-corrected chi connectivity index (χ4v) is 2.05. The third-order valence-electron chi connectivity index (χ3n) is 2.91. The monoisotopic (exact) mass is 305 g/mol. The van der Waals surface area contributed by atoms with Gasteiger partial charge >= 0.3 is 0 Å². The molecule has 0 atom stereocenters. The van der Waals surface area contributed by atoms with Crippen LogP contribution in [0.15, 0.2) is 36.4 Å². The van der Waals surface area contributed by atoms with Crippen LogP contribution >= 0.6 is 11.6 Å². The van der Waals surface area contributed by atoms with E-state index in [9.17, 15) is 9.65 Å². The summed E-state index contributed by atoms with van der Waals surface area (Å²) in [6.45, 7) is 0.715. The Morgan fingerprint density at radius 3 is 2.48 bits per heavy atom. The van der Waals surface area contributed by atoms with E-state index in [0.29, 0.717) is 35.1 Å². The highest BCUT2D eigenvalue weighted by molar-refractivity contribution is 6.30. The Morgan fingerprint density at radius 2 is 1.86 bits per heavy atom. The van der Waals surface area contributed by atoms with Crippen LogP contribution in [0.4, 0.5) is 4.39 Å². The van der Waals surface area contributed by atoms with E-state index >= 15 is 0 Å². The molecule has 2 aromatic rings. The summed E-state index contributed by atoms with van der Waals surface area (Å²) in [6, 6.07) is 11.4. The van der Waals surface area contributed by atoms with Crippen LogP contribution in [0.5, 0.6) is 5.75 Å². The van der Waals surface area contributed by atoms with Gasteiger partial charge in [-0.15, -0.1) is 0 Å². The highest BCUT2D eigenvalue weighted by atomic mass is 35.5. The van der Waals surface area contributed by atoms with Gasteiger partial charge in [0.1, 0.15) is 24.2 Å². The minimum Gasteiger partial charge on any atom is -0.490 e. The average Bonchev–Trinajstić information content (AvgIpc) is 2.49. The molecule has 21 heavy (non-hydrogen) atoms. The first-order valence-corrected chi connectivity index (χ1v) is 6.65. The number of nitrogens with zero attached hydrogens (tertiary/aromatic N) is 1. The van der Waals surface area contributed by atoms with E-state index in [1.54, 1.807) is 31.4 Å². The molecule has 0 radical (unpaired) electrons. The smallest absolute Gasteiger partial charge is 0.141 e. The Kier molecular flexibility index (Phi) is 5.15. The number of methoxy groups -OCH3 is 1. The lowest BCUT2D eigenvalue weighted by atomic mass is 9.99. The van der Waals surface area contributed by atoms with E-state index in [2.05, 4.69) is 0 Å². The number of hydrogen-bond acceptors (Lipinski definition) is 3. The lowest BCUT2D eigenvalue weighted by molar-refractivity contribution is 0.146. The maximum absolute atomic E-state index is 13.9. The van der Waals surface area contributed by atoms with E-state index in [1.807, 2.05) is 6.07 Å². The molecule has 108 valence electrons. The molecule has 0 aliphatic carbocycles. The van der Waals surface area contributed by atoms with Crippen LogP contribution in [0.2, 0.25) is 5.02 Å². The predicted molar refractivity (Wildman–Crippen MR) is 78.9 cm³/mol. The minimum absolute atomic E-state index is 0.0489. The van der Waals surface area contributed by atoms with Gasteiger partial charge in [-0.05, 0) is 29.8 Å². The lowest BCUT2D eigenvalue weighted by Gasteiger charge is -2.13. The van der Waals surface area contributed by atoms with E-state index in [1.165, 1.54) is 12.1 Å². The molecule has 2 rings (SSSR count). The fourth-order valence-electron chi connectivity index (χ4n) is 1.93. The first-order valence-electron chi connectivity index (χ1n) is 6.27. The Morgan fingerprint density at radius 1 is 1.14 bits per heavy atom. The Labute approximate surface area is 127 Å². The van der Waals surface area contributed by atoms with Crippen LogP contribution < -0.4 is 4.74 Å². The van der Waals surface area contributed by atoms with Crippen molar-refractivity contribution in [3.8, 4) is 22.9 Å². The minimum atomic E-state index is -0.582. The molecule has 5 heteroatoms. The van der Waals surface area contributed by atoms with Crippen molar-refractivity contribution in [2.45, 2.75) is 0 Å². The number of hydrogen-bond donors (Lipinski definition) is 0. The van der Waals surface area contributed by atoms with Gasteiger partial charge < -0.3 is 9.47 Å². The third-order valence-corrected chi connectivity index (χ3v) is 3.16. The quantitative estimate of drug-likeness (QED) is 0.783. The molecule has 2 aromatic carbocycles. The molecule has 3 nitrogen and oxygen atoms in total. The second-order valence-electron chi connectivity index (χ2n) is 4.26. The van der Waals surface area contributed by atoms with Crippen molar-refractivity contribution in [3.05, 3.63) is 52.8 Å². The summed E-state index contributed by atoms with van der Waals surface area (Å²) in [5.74, 6) is -0.145. The Balaban J connectivity index is 2.51. The molecule has 0 unspecified atom stereocenters. The van der Waals surface area contributed by atoms with E-state index in [0.717, 1.165) is 0 Å². The zero-order valence-corrected chi connectivity index (χ0v) is 12.2. The van der Waals surface area contributed by atoms with Gasteiger partial charge in [0.05, 0.1) is 12.2 Å².